The van der Waals surface area contributed by atoms with Crippen molar-refractivity contribution in [3.63, 3.8) is 0 Å². The molecule has 0 atom stereocenters. The molecule has 1 saturated heterocycles. The molecule has 4 aromatic rings. The van der Waals surface area contributed by atoms with Crippen molar-refractivity contribution < 1.29 is 0 Å². The van der Waals surface area contributed by atoms with E-state index in [9.17, 15) is 0 Å². The predicted octanol–water partition coefficient (Wildman–Crippen LogP) is 3.66. The number of nitrogens with two attached hydrogens (primary N) is 1. The van der Waals surface area contributed by atoms with E-state index in [1.807, 2.05) is 12.3 Å². The fraction of sp³-hybridized carbons (Fsp3) is 0.391. The average molecular weight is 417 g/mol. The highest BCUT2D eigenvalue weighted by Crippen LogP contribution is 2.33. The van der Waals surface area contributed by atoms with Gasteiger partial charge in [-0.2, -0.15) is 5.10 Å². The lowest BCUT2D eigenvalue weighted by atomic mass is 9.91. The third kappa shape index (κ3) is 3.79. The summed E-state index contributed by atoms with van der Waals surface area (Å²) in [5.41, 5.74) is 12.8. The molecule has 1 fully saturated rings. The Morgan fingerprint density at radius 2 is 2.00 bits per heavy atom. The first kappa shape index (κ1) is 19.7. The lowest BCUT2D eigenvalue weighted by Crippen LogP contribution is -2.27. The van der Waals surface area contributed by atoms with Gasteiger partial charge >= 0.3 is 0 Å². The summed E-state index contributed by atoms with van der Waals surface area (Å²) in [4.78, 5) is 17.6. The van der Waals surface area contributed by atoms with Gasteiger partial charge in [0, 0.05) is 17.7 Å². The van der Waals surface area contributed by atoms with Gasteiger partial charge in [-0.15, -0.1) is 0 Å². The maximum atomic E-state index is 6.23. The molecule has 1 aliphatic heterocycles. The van der Waals surface area contributed by atoms with Crippen molar-refractivity contribution in [1.29, 1.82) is 0 Å². The van der Waals surface area contributed by atoms with E-state index >= 15 is 0 Å². The third-order valence-electron chi connectivity index (χ3n) is 5.92. The second-order valence-electron chi connectivity index (χ2n) is 8.69. The van der Waals surface area contributed by atoms with Gasteiger partial charge in [-0.05, 0) is 49.9 Å². The smallest absolute Gasteiger partial charge is 0.161 e. The van der Waals surface area contributed by atoms with E-state index in [1.54, 1.807) is 6.20 Å². The van der Waals surface area contributed by atoms with Gasteiger partial charge in [-0.25, -0.2) is 15.0 Å². The number of hydrogen-bond donors (Lipinski definition) is 4. The molecule has 4 heterocycles. The van der Waals surface area contributed by atoms with Crippen molar-refractivity contribution >= 4 is 16.9 Å². The molecule has 0 aliphatic carbocycles. The van der Waals surface area contributed by atoms with Crippen LogP contribution < -0.4 is 11.1 Å². The van der Waals surface area contributed by atoms with Gasteiger partial charge in [0.1, 0.15) is 5.69 Å². The van der Waals surface area contributed by atoms with Crippen molar-refractivity contribution in [1.82, 2.24) is 35.5 Å². The molecule has 0 amide bonds. The number of hydrogen-bond acceptors (Lipinski definition) is 6. The molecule has 0 radical (unpaired) electrons. The Morgan fingerprint density at radius 1 is 1.16 bits per heavy atom. The Hall–Kier alpha value is -3.26. The van der Waals surface area contributed by atoms with E-state index in [0.29, 0.717) is 29.2 Å². The summed E-state index contributed by atoms with van der Waals surface area (Å²) in [5, 5.41) is 11.0. The molecule has 5 N–H and O–H groups in total. The second kappa shape index (κ2) is 8.11. The molecule has 31 heavy (non-hydrogen) atoms. The number of aromatic amines is 2. The van der Waals surface area contributed by atoms with Crippen LogP contribution in [0.3, 0.4) is 0 Å². The fourth-order valence-electron chi connectivity index (χ4n) is 4.42. The van der Waals surface area contributed by atoms with Crippen LogP contribution in [0.4, 0.5) is 5.82 Å². The molecule has 1 aromatic carbocycles. The summed E-state index contributed by atoms with van der Waals surface area (Å²) in [6.45, 7) is 6.44. The van der Waals surface area contributed by atoms with Gasteiger partial charge in [-0.1, -0.05) is 26.0 Å². The number of fused-ring (bicyclic) bond motifs is 1. The van der Waals surface area contributed by atoms with Crippen LogP contribution in [0.1, 0.15) is 43.9 Å². The van der Waals surface area contributed by atoms with Crippen molar-refractivity contribution in [2.24, 2.45) is 5.92 Å². The zero-order valence-corrected chi connectivity index (χ0v) is 17.9. The zero-order chi connectivity index (χ0) is 21.4. The highest BCUT2D eigenvalue weighted by molar-refractivity contribution is 5.83. The Labute approximate surface area is 181 Å². The van der Waals surface area contributed by atoms with Crippen LogP contribution in [-0.4, -0.2) is 43.2 Å². The van der Waals surface area contributed by atoms with E-state index < -0.39 is 0 Å². The minimum Gasteiger partial charge on any atom is -0.382 e. The topological polar surface area (TPSA) is 121 Å². The van der Waals surface area contributed by atoms with Crippen LogP contribution in [0, 0.1) is 5.92 Å². The highest BCUT2D eigenvalue weighted by atomic mass is 15.1. The van der Waals surface area contributed by atoms with Gasteiger partial charge in [-0.3, -0.25) is 5.10 Å². The number of rotatable bonds is 5. The summed E-state index contributed by atoms with van der Waals surface area (Å²) in [7, 11) is 0. The number of H-pyrrole nitrogens is 2. The molecule has 0 unspecified atom stereocenters. The Morgan fingerprint density at radius 3 is 2.81 bits per heavy atom. The van der Waals surface area contributed by atoms with Crippen LogP contribution in [-0.2, 0) is 6.42 Å². The molecule has 3 aromatic heterocycles. The third-order valence-corrected chi connectivity index (χ3v) is 5.92. The second-order valence-corrected chi connectivity index (χ2v) is 8.69. The lowest BCUT2D eigenvalue weighted by Gasteiger charge is -2.21. The predicted molar refractivity (Wildman–Crippen MR) is 123 cm³/mol. The number of nitrogens with zero attached hydrogens (tertiary/aromatic N) is 4. The van der Waals surface area contributed by atoms with Gasteiger partial charge in [0.2, 0.25) is 0 Å². The average Bonchev–Trinajstić information content (AvgIpc) is 3.42. The minimum absolute atomic E-state index is 0.361. The maximum absolute atomic E-state index is 6.23. The summed E-state index contributed by atoms with van der Waals surface area (Å²) >= 11 is 0. The SMILES string of the molecule is CC(C)Cc1cccc2[nH]c(-c3nc(-c4c[nH]nc4C4CCNCC4)cnc3N)nc12. The van der Waals surface area contributed by atoms with Gasteiger partial charge < -0.3 is 16.0 Å². The number of piperidine rings is 1. The number of para-hydroxylation sites is 1. The summed E-state index contributed by atoms with van der Waals surface area (Å²) in [5.74, 6) is 1.97. The first-order valence-electron chi connectivity index (χ1n) is 11.0. The number of imidazole rings is 1. The van der Waals surface area contributed by atoms with Gasteiger partial charge in [0.05, 0.1) is 28.6 Å². The van der Waals surface area contributed by atoms with E-state index in [0.717, 1.165) is 60.3 Å². The number of nitrogen functional groups attached to an aromatic ring is 1. The maximum Gasteiger partial charge on any atom is 0.161 e. The van der Waals surface area contributed by atoms with Gasteiger partial charge in [0.25, 0.3) is 0 Å². The Bertz CT molecular complexity index is 1200. The van der Waals surface area contributed by atoms with Crippen LogP contribution in [0.25, 0.3) is 33.8 Å². The minimum atomic E-state index is 0.361. The Balaban J connectivity index is 1.55. The van der Waals surface area contributed by atoms with Crippen molar-refractivity contribution in [3.8, 4) is 22.8 Å². The van der Waals surface area contributed by atoms with Gasteiger partial charge in [0.15, 0.2) is 11.6 Å². The van der Waals surface area contributed by atoms with Crippen molar-refractivity contribution in [2.75, 3.05) is 18.8 Å². The summed E-state index contributed by atoms with van der Waals surface area (Å²) in [6, 6.07) is 6.23. The van der Waals surface area contributed by atoms with E-state index in [-0.39, 0.29) is 0 Å². The molecule has 0 saturated carbocycles. The first-order valence-corrected chi connectivity index (χ1v) is 11.0. The molecule has 1 aliphatic rings. The van der Waals surface area contributed by atoms with E-state index in [4.69, 9.17) is 15.7 Å². The molecule has 8 heteroatoms. The molecule has 5 rings (SSSR count). The standard InChI is InChI=1S/C23H28N8/c1-13(2)10-15-4-3-5-17-20(15)30-23(29-17)21-22(24)26-12-18(28-21)16-11-27-31-19(16)14-6-8-25-9-7-14/h3-5,11-14,25H,6-10H2,1-2H3,(H2,24,26)(H,27,31)(H,29,30). The fourth-order valence-corrected chi connectivity index (χ4v) is 4.42. The number of anilines is 1. The van der Waals surface area contributed by atoms with Crippen LogP contribution in [0.5, 0.6) is 0 Å². The normalized spacial score (nSPS) is 15.2. The molecular formula is C23H28N8. The Kier molecular flexibility index (Phi) is 5.15. The molecular weight excluding hydrogens is 388 g/mol. The number of aromatic nitrogens is 6. The van der Waals surface area contributed by atoms with Crippen LogP contribution in [0.2, 0.25) is 0 Å². The number of benzene rings is 1. The monoisotopic (exact) mass is 416 g/mol. The zero-order valence-electron chi connectivity index (χ0n) is 17.9. The van der Waals surface area contributed by atoms with Crippen LogP contribution in [0.15, 0.2) is 30.6 Å². The quantitative estimate of drug-likeness (QED) is 0.394. The molecule has 8 nitrogen and oxygen atoms in total. The van der Waals surface area contributed by atoms with Crippen LogP contribution >= 0.6 is 0 Å². The molecule has 160 valence electrons. The number of nitrogens with one attached hydrogen (secondary N) is 3. The molecule has 0 bridgehead atoms. The highest BCUT2D eigenvalue weighted by Gasteiger charge is 2.23. The summed E-state index contributed by atoms with van der Waals surface area (Å²) in [6.07, 6.45) is 6.73. The van der Waals surface area contributed by atoms with E-state index in [2.05, 4.69) is 51.5 Å². The lowest BCUT2D eigenvalue weighted by molar-refractivity contribution is 0.453. The van der Waals surface area contributed by atoms with E-state index in [1.165, 1.54) is 5.56 Å². The first-order chi connectivity index (χ1) is 15.1. The summed E-state index contributed by atoms with van der Waals surface area (Å²) < 4.78 is 0. The van der Waals surface area contributed by atoms with Crippen molar-refractivity contribution in [2.45, 2.75) is 39.0 Å². The molecule has 0 spiro atoms. The van der Waals surface area contributed by atoms with Crippen molar-refractivity contribution in [3.05, 3.63) is 41.9 Å². The largest absolute Gasteiger partial charge is 0.382 e.